The van der Waals surface area contributed by atoms with Crippen LogP contribution in [0.15, 0.2) is 55.0 Å². The van der Waals surface area contributed by atoms with Crippen LogP contribution in [0.25, 0.3) is 0 Å². The predicted molar refractivity (Wildman–Crippen MR) is 116 cm³/mol. The van der Waals surface area contributed by atoms with Crippen molar-refractivity contribution in [2.45, 2.75) is 38.0 Å². The molecule has 1 saturated heterocycles. The number of imidazole rings is 1. The van der Waals surface area contributed by atoms with Gasteiger partial charge in [0.1, 0.15) is 17.6 Å². The summed E-state index contributed by atoms with van der Waals surface area (Å²) in [5, 5.41) is 0. The number of aromatic nitrogens is 3. The van der Waals surface area contributed by atoms with Crippen LogP contribution in [0.2, 0.25) is 0 Å². The standard InChI is InChI=1S/C25H26N4O/c1-28-14-11-22(12-15-28)30-24-23-7-3-2-6-20(23)10-16-29-21(18-27-25(24)29)9-8-19-5-4-13-26-17-19/h2-7,13,17-18,22,24H,10-12,14-16H2,1H3. The summed E-state index contributed by atoms with van der Waals surface area (Å²) < 4.78 is 8.96. The molecule has 2 aromatic heterocycles. The van der Waals surface area contributed by atoms with Gasteiger partial charge in [0.05, 0.1) is 12.3 Å². The van der Waals surface area contributed by atoms with Gasteiger partial charge in [-0.1, -0.05) is 30.2 Å². The first-order valence-electron chi connectivity index (χ1n) is 10.7. The van der Waals surface area contributed by atoms with Gasteiger partial charge in [-0.05, 0) is 55.5 Å². The zero-order chi connectivity index (χ0) is 20.3. The highest BCUT2D eigenvalue weighted by Gasteiger charge is 2.30. The normalized spacial score (nSPS) is 19.3. The predicted octanol–water partition coefficient (Wildman–Crippen LogP) is 3.43. The second-order valence-corrected chi connectivity index (χ2v) is 8.11. The number of ether oxygens (including phenoxy) is 1. The largest absolute Gasteiger partial charge is 0.362 e. The Bertz CT molecular complexity index is 1070. The Morgan fingerprint density at radius 2 is 1.87 bits per heavy atom. The van der Waals surface area contributed by atoms with Crippen LogP contribution >= 0.6 is 0 Å². The molecular formula is C25H26N4O. The zero-order valence-corrected chi connectivity index (χ0v) is 17.3. The molecule has 1 aromatic carbocycles. The average Bonchev–Trinajstić information content (AvgIpc) is 3.12. The Morgan fingerprint density at radius 1 is 1.00 bits per heavy atom. The summed E-state index contributed by atoms with van der Waals surface area (Å²) in [4.78, 5) is 11.3. The van der Waals surface area contributed by atoms with Crippen LogP contribution in [0.3, 0.4) is 0 Å². The van der Waals surface area contributed by atoms with Gasteiger partial charge in [-0.2, -0.15) is 0 Å². The third-order valence-corrected chi connectivity index (χ3v) is 6.05. The molecule has 152 valence electrons. The third-order valence-electron chi connectivity index (χ3n) is 6.05. The Morgan fingerprint density at radius 3 is 2.70 bits per heavy atom. The van der Waals surface area contributed by atoms with Crippen LogP contribution in [0.5, 0.6) is 0 Å². The van der Waals surface area contributed by atoms with Crippen LogP contribution in [0.1, 0.15) is 47.2 Å². The van der Waals surface area contributed by atoms with Crippen molar-refractivity contribution < 1.29 is 4.74 Å². The molecule has 0 N–H and O–H groups in total. The van der Waals surface area contributed by atoms with Gasteiger partial charge in [0.15, 0.2) is 0 Å². The van der Waals surface area contributed by atoms with Crippen molar-refractivity contribution in [2.75, 3.05) is 20.1 Å². The lowest BCUT2D eigenvalue weighted by atomic mass is 10.00. The van der Waals surface area contributed by atoms with Gasteiger partial charge in [0.2, 0.25) is 0 Å². The van der Waals surface area contributed by atoms with Crippen molar-refractivity contribution in [3.63, 3.8) is 0 Å². The minimum absolute atomic E-state index is 0.147. The zero-order valence-electron chi connectivity index (χ0n) is 17.3. The van der Waals surface area contributed by atoms with E-state index in [0.29, 0.717) is 0 Å². The number of aryl methyl sites for hydroxylation is 1. The Labute approximate surface area is 177 Å². The molecule has 30 heavy (non-hydrogen) atoms. The van der Waals surface area contributed by atoms with E-state index in [2.05, 4.69) is 57.6 Å². The van der Waals surface area contributed by atoms with E-state index in [4.69, 9.17) is 9.72 Å². The Balaban J connectivity index is 1.49. The molecule has 0 radical (unpaired) electrons. The SMILES string of the molecule is CN1CCC(OC2c3ccccc3CCn3c(C#Cc4cccnc4)cnc32)CC1. The number of hydrogen-bond donors (Lipinski definition) is 0. The maximum Gasteiger partial charge on any atom is 0.143 e. The fourth-order valence-corrected chi connectivity index (χ4v) is 4.34. The third kappa shape index (κ3) is 3.89. The topological polar surface area (TPSA) is 43.2 Å². The molecule has 0 bridgehead atoms. The van der Waals surface area contributed by atoms with Crippen LogP contribution < -0.4 is 0 Å². The highest BCUT2D eigenvalue weighted by atomic mass is 16.5. The summed E-state index contributed by atoms with van der Waals surface area (Å²) in [5.41, 5.74) is 4.42. The molecule has 5 nitrogen and oxygen atoms in total. The summed E-state index contributed by atoms with van der Waals surface area (Å²) in [6.07, 6.45) is 8.62. The van der Waals surface area contributed by atoms with E-state index in [9.17, 15) is 0 Å². The van der Waals surface area contributed by atoms with E-state index in [1.54, 1.807) is 12.4 Å². The number of likely N-dealkylation sites (tertiary alicyclic amines) is 1. The summed E-state index contributed by atoms with van der Waals surface area (Å²) in [5.74, 6) is 7.49. The molecule has 0 aliphatic carbocycles. The maximum atomic E-state index is 6.72. The van der Waals surface area contributed by atoms with Gasteiger partial charge >= 0.3 is 0 Å². The monoisotopic (exact) mass is 398 g/mol. The average molecular weight is 399 g/mol. The van der Waals surface area contributed by atoms with Crippen molar-refractivity contribution in [1.29, 1.82) is 0 Å². The van der Waals surface area contributed by atoms with E-state index >= 15 is 0 Å². The number of hydrogen-bond acceptors (Lipinski definition) is 4. The highest BCUT2D eigenvalue weighted by molar-refractivity contribution is 5.41. The minimum Gasteiger partial charge on any atom is -0.362 e. The molecule has 1 unspecified atom stereocenters. The molecule has 1 fully saturated rings. The van der Waals surface area contributed by atoms with Gasteiger partial charge in [0, 0.05) is 37.6 Å². The van der Waals surface area contributed by atoms with E-state index in [1.165, 1.54) is 11.1 Å². The summed E-state index contributed by atoms with van der Waals surface area (Å²) >= 11 is 0. The number of benzene rings is 1. The summed E-state index contributed by atoms with van der Waals surface area (Å²) in [6, 6.07) is 12.5. The lowest BCUT2D eigenvalue weighted by Crippen LogP contribution is -2.35. The second kappa shape index (κ2) is 8.43. The molecule has 0 saturated carbocycles. The van der Waals surface area contributed by atoms with E-state index < -0.39 is 0 Å². The number of nitrogens with zero attached hydrogens (tertiary/aromatic N) is 4. The summed E-state index contributed by atoms with van der Waals surface area (Å²) in [6.45, 7) is 3.02. The van der Waals surface area contributed by atoms with Gasteiger partial charge in [-0.25, -0.2) is 4.98 Å². The second-order valence-electron chi connectivity index (χ2n) is 8.11. The van der Waals surface area contributed by atoms with Crippen molar-refractivity contribution in [3.8, 4) is 11.8 Å². The van der Waals surface area contributed by atoms with Gasteiger partial charge in [0.25, 0.3) is 0 Å². The van der Waals surface area contributed by atoms with Crippen LogP contribution in [0.4, 0.5) is 0 Å². The Kier molecular flexibility index (Phi) is 5.35. The first-order valence-corrected chi connectivity index (χ1v) is 10.7. The van der Waals surface area contributed by atoms with Crippen molar-refractivity contribution in [1.82, 2.24) is 19.4 Å². The Hall–Kier alpha value is -2.94. The van der Waals surface area contributed by atoms with Crippen molar-refractivity contribution >= 4 is 0 Å². The molecular weight excluding hydrogens is 372 g/mol. The quantitative estimate of drug-likeness (QED) is 0.621. The summed E-state index contributed by atoms with van der Waals surface area (Å²) in [7, 11) is 2.18. The van der Waals surface area contributed by atoms with Crippen LogP contribution in [0, 0.1) is 11.8 Å². The lowest BCUT2D eigenvalue weighted by molar-refractivity contribution is -0.0276. The number of fused-ring (bicyclic) bond motifs is 2. The number of piperidine rings is 1. The highest BCUT2D eigenvalue weighted by Crippen LogP contribution is 2.34. The van der Waals surface area contributed by atoms with Crippen LogP contribution in [-0.4, -0.2) is 45.7 Å². The molecule has 0 amide bonds. The molecule has 3 aromatic rings. The fourth-order valence-electron chi connectivity index (χ4n) is 4.34. The first-order chi connectivity index (χ1) is 14.8. The van der Waals surface area contributed by atoms with E-state index in [0.717, 1.165) is 56.0 Å². The fraction of sp³-hybridized carbons (Fsp3) is 0.360. The lowest BCUT2D eigenvalue weighted by Gasteiger charge is -2.32. The van der Waals surface area contributed by atoms with Crippen molar-refractivity contribution in [3.05, 3.63) is 83.2 Å². The molecule has 2 aliphatic rings. The van der Waals surface area contributed by atoms with Gasteiger partial charge in [-0.3, -0.25) is 4.98 Å². The maximum absolute atomic E-state index is 6.72. The van der Waals surface area contributed by atoms with E-state index in [1.807, 2.05) is 18.3 Å². The smallest absolute Gasteiger partial charge is 0.143 e. The van der Waals surface area contributed by atoms with Crippen LogP contribution in [-0.2, 0) is 17.7 Å². The molecule has 2 aliphatic heterocycles. The molecule has 5 heteroatoms. The van der Waals surface area contributed by atoms with Gasteiger partial charge in [-0.15, -0.1) is 0 Å². The van der Waals surface area contributed by atoms with Gasteiger partial charge < -0.3 is 14.2 Å². The minimum atomic E-state index is -0.147. The molecule has 4 heterocycles. The number of pyridine rings is 1. The van der Waals surface area contributed by atoms with Crippen molar-refractivity contribution in [2.24, 2.45) is 0 Å². The molecule has 0 spiro atoms. The number of rotatable bonds is 2. The molecule has 5 rings (SSSR count). The van der Waals surface area contributed by atoms with E-state index in [-0.39, 0.29) is 12.2 Å². The first kappa shape index (κ1) is 19.0. The molecule has 1 atom stereocenters.